The Kier molecular flexibility index (Phi) is 4.61. The van der Waals surface area contributed by atoms with E-state index in [1.807, 2.05) is 20.8 Å². The summed E-state index contributed by atoms with van der Waals surface area (Å²) in [6.07, 6.45) is 0. The van der Waals surface area contributed by atoms with Crippen LogP contribution in [0.25, 0.3) is 0 Å². The average molecular weight is 320 g/mol. The van der Waals surface area contributed by atoms with E-state index < -0.39 is 15.7 Å². The molecule has 0 saturated heterocycles. The monoisotopic (exact) mass is 319 g/mol. The van der Waals surface area contributed by atoms with Crippen LogP contribution in [0, 0.1) is 5.82 Å². The molecule has 1 rings (SSSR count). The summed E-state index contributed by atoms with van der Waals surface area (Å²) in [5, 5.41) is 0. The molecular weight excluding hydrogens is 305 g/mol. The topological polar surface area (TPSA) is 29.4 Å². The number of nitrogens with zero attached hydrogens (tertiary/aromatic N) is 1. The summed E-state index contributed by atoms with van der Waals surface area (Å²) >= 11 is 3.11. The first-order valence-electron chi connectivity index (χ1n) is 5.14. The summed E-state index contributed by atoms with van der Waals surface area (Å²) in [5.41, 5.74) is 1.40. The van der Waals surface area contributed by atoms with Crippen LogP contribution in [-0.4, -0.2) is 14.7 Å². The van der Waals surface area contributed by atoms with E-state index in [0.717, 1.165) is 5.56 Å². The first kappa shape index (κ1) is 14.5. The van der Waals surface area contributed by atoms with Crippen LogP contribution in [0.2, 0.25) is 0 Å². The molecule has 17 heavy (non-hydrogen) atoms. The van der Waals surface area contributed by atoms with Crippen molar-refractivity contribution in [1.82, 2.24) is 0 Å². The maximum atomic E-state index is 13.1. The highest BCUT2D eigenvalue weighted by Crippen LogP contribution is 2.19. The molecule has 5 heteroatoms. The molecule has 1 aromatic rings. The lowest BCUT2D eigenvalue weighted by Crippen LogP contribution is -2.20. The summed E-state index contributed by atoms with van der Waals surface area (Å²) in [6, 6.07) is 4.62. The van der Waals surface area contributed by atoms with Gasteiger partial charge in [-0.25, -0.2) is 8.60 Å². The number of benzene rings is 1. The molecule has 1 atom stereocenters. The summed E-state index contributed by atoms with van der Waals surface area (Å²) < 4.78 is 29.0. The molecule has 0 heterocycles. The van der Waals surface area contributed by atoms with Gasteiger partial charge >= 0.3 is 0 Å². The van der Waals surface area contributed by atoms with Gasteiger partial charge in [-0.1, -0.05) is 6.07 Å². The molecule has 0 amide bonds. The zero-order valence-electron chi connectivity index (χ0n) is 10.3. The molecule has 0 radical (unpaired) electrons. The Morgan fingerprint density at radius 3 is 2.47 bits per heavy atom. The predicted octanol–water partition coefficient (Wildman–Crippen LogP) is 3.86. The van der Waals surface area contributed by atoms with Gasteiger partial charge in [0, 0.05) is 0 Å². The van der Waals surface area contributed by atoms with Gasteiger partial charge in [-0.2, -0.15) is 4.40 Å². The summed E-state index contributed by atoms with van der Waals surface area (Å²) in [4.78, 5) is 0. The van der Waals surface area contributed by atoms with E-state index in [1.165, 1.54) is 6.07 Å². The maximum absolute atomic E-state index is 13.1. The second kappa shape index (κ2) is 5.40. The van der Waals surface area contributed by atoms with E-state index in [4.69, 9.17) is 0 Å². The van der Waals surface area contributed by atoms with Crippen molar-refractivity contribution in [2.24, 2.45) is 4.40 Å². The highest BCUT2D eigenvalue weighted by Gasteiger charge is 2.19. The molecule has 0 N–H and O–H groups in total. The second-order valence-corrected chi connectivity index (χ2v) is 7.43. The fourth-order valence-corrected chi connectivity index (χ4v) is 2.04. The lowest BCUT2D eigenvalue weighted by atomic mass is 10.1. The third-order valence-electron chi connectivity index (χ3n) is 2.08. The Bertz CT molecular complexity index is 480. The molecule has 1 unspecified atom stereocenters. The van der Waals surface area contributed by atoms with Crippen molar-refractivity contribution >= 4 is 32.6 Å². The zero-order chi connectivity index (χ0) is 13.2. The maximum Gasteiger partial charge on any atom is 0.145 e. The standard InChI is InChI=1S/C12H15BrFNOS/c1-8(15-17(16)12(2,3)4)9-5-6-11(14)10(13)7-9/h5-7H,1-4H3/b15-8+. The van der Waals surface area contributed by atoms with Crippen LogP contribution in [-0.2, 0) is 11.0 Å². The van der Waals surface area contributed by atoms with Gasteiger partial charge in [-0.3, -0.25) is 0 Å². The van der Waals surface area contributed by atoms with Gasteiger partial charge in [0.25, 0.3) is 0 Å². The second-order valence-electron chi connectivity index (χ2n) is 4.67. The SMILES string of the molecule is C/C(=N\S(=O)C(C)(C)C)c1ccc(F)c(Br)c1. The van der Waals surface area contributed by atoms with E-state index >= 15 is 0 Å². The minimum atomic E-state index is -1.30. The van der Waals surface area contributed by atoms with Gasteiger partial charge in [-0.05, 0) is 61.3 Å². The number of hydrogen-bond donors (Lipinski definition) is 0. The highest BCUT2D eigenvalue weighted by atomic mass is 79.9. The third kappa shape index (κ3) is 4.00. The first-order valence-corrected chi connectivity index (χ1v) is 7.04. The van der Waals surface area contributed by atoms with Crippen molar-refractivity contribution in [3.63, 3.8) is 0 Å². The van der Waals surface area contributed by atoms with Crippen LogP contribution in [0.1, 0.15) is 33.3 Å². The van der Waals surface area contributed by atoms with Gasteiger partial charge in [0.1, 0.15) is 16.8 Å². The summed E-state index contributed by atoms with van der Waals surface area (Å²) in [6.45, 7) is 7.35. The van der Waals surface area contributed by atoms with Crippen LogP contribution in [0.3, 0.4) is 0 Å². The normalized spacial score (nSPS) is 14.8. The molecule has 0 aromatic heterocycles. The minimum Gasteiger partial charge on any atom is -0.234 e. The van der Waals surface area contributed by atoms with Gasteiger partial charge < -0.3 is 0 Å². The van der Waals surface area contributed by atoms with Crippen molar-refractivity contribution in [3.05, 3.63) is 34.1 Å². The lowest BCUT2D eigenvalue weighted by molar-refractivity contribution is 0.621. The van der Waals surface area contributed by atoms with Gasteiger partial charge in [0.05, 0.1) is 14.9 Å². The minimum absolute atomic E-state index is 0.321. The number of rotatable bonds is 2. The largest absolute Gasteiger partial charge is 0.234 e. The van der Waals surface area contributed by atoms with E-state index in [2.05, 4.69) is 20.3 Å². The van der Waals surface area contributed by atoms with E-state index in [0.29, 0.717) is 10.2 Å². The number of hydrogen-bond acceptors (Lipinski definition) is 1. The fourth-order valence-electron chi connectivity index (χ4n) is 1.04. The summed E-state index contributed by atoms with van der Waals surface area (Å²) in [7, 11) is -1.30. The van der Waals surface area contributed by atoms with Crippen LogP contribution in [0.15, 0.2) is 27.1 Å². The Labute approximate surface area is 112 Å². The molecule has 0 bridgehead atoms. The molecule has 0 spiro atoms. The Morgan fingerprint density at radius 2 is 2.00 bits per heavy atom. The molecule has 0 aliphatic rings. The highest BCUT2D eigenvalue weighted by molar-refractivity contribution is 9.10. The van der Waals surface area contributed by atoms with Crippen molar-refractivity contribution in [2.45, 2.75) is 32.4 Å². The van der Waals surface area contributed by atoms with Crippen molar-refractivity contribution in [3.8, 4) is 0 Å². The van der Waals surface area contributed by atoms with Crippen molar-refractivity contribution in [2.75, 3.05) is 0 Å². The van der Waals surface area contributed by atoms with Crippen LogP contribution in [0.4, 0.5) is 4.39 Å². The van der Waals surface area contributed by atoms with Gasteiger partial charge in [0.2, 0.25) is 0 Å². The third-order valence-corrected chi connectivity index (χ3v) is 4.18. The zero-order valence-corrected chi connectivity index (χ0v) is 12.7. The number of halogens is 2. The van der Waals surface area contributed by atoms with Crippen molar-refractivity contribution in [1.29, 1.82) is 0 Å². The van der Waals surface area contributed by atoms with Crippen molar-refractivity contribution < 1.29 is 8.60 Å². The predicted molar refractivity (Wildman–Crippen MR) is 74.2 cm³/mol. The molecule has 0 aliphatic carbocycles. The van der Waals surface area contributed by atoms with Gasteiger partial charge in [-0.15, -0.1) is 0 Å². The molecule has 0 fully saturated rings. The quantitative estimate of drug-likeness (QED) is 0.761. The fraction of sp³-hybridized carbons (Fsp3) is 0.417. The Hall–Kier alpha value is -0.550. The van der Waals surface area contributed by atoms with Crippen LogP contribution < -0.4 is 0 Å². The first-order chi connectivity index (χ1) is 7.71. The van der Waals surface area contributed by atoms with Crippen LogP contribution in [0.5, 0.6) is 0 Å². The lowest BCUT2D eigenvalue weighted by Gasteiger charge is -2.14. The van der Waals surface area contributed by atoms with E-state index in [-0.39, 0.29) is 5.82 Å². The Balaban J connectivity index is 3.04. The summed E-state index contributed by atoms with van der Waals surface area (Å²) in [5.74, 6) is -0.321. The Morgan fingerprint density at radius 1 is 1.41 bits per heavy atom. The molecule has 2 nitrogen and oxygen atoms in total. The van der Waals surface area contributed by atoms with Crippen LogP contribution >= 0.6 is 15.9 Å². The molecule has 0 aliphatic heterocycles. The molecule has 1 aromatic carbocycles. The van der Waals surface area contributed by atoms with E-state index in [9.17, 15) is 8.60 Å². The smallest absolute Gasteiger partial charge is 0.145 e. The molecular formula is C12H15BrFNOS. The average Bonchev–Trinajstić information content (AvgIpc) is 2.20. The van der Waals surface area contributed by atoms with Gasteiger partial charge in [0.15, 0.2) is 0 Å². The van der Waals surface area contributed by atoms with E-state index in [1.54, 1.807) is 19.1 Å². The molecule has 94 valence electrons. The molecule has 0 saturated carbocycles.